The Morgan fingerprint density at radius 1 is 1.19 bits per heavy atom. The summed E-state index contributed by atoms with van der Waals surface area (Å²) in [6.45, 7) is 0. The topological polar surface area (TPSA) is 64.9 Å². The predicted octanol–water partition coefficient (Wildman–Crippen LogP) is 3.81. The Balaban J connectivity index is 1.90. The molecule has 6 heteroatoms. The smallest absolute Gasteiger partial charge is 0.231 e. The molecular formula is C15H11BrFN3O. The molecule has 0 amide bonds. The molecule has 0 fully saturated rings. The van der Waals surface area contributed by atoms with Gasteiger partial charge in [-0.05, 0) is 29.8 Å². The number of nitrogen functional groups attached to an aromatic ring is 1. The van der Waals surface area contributed by atoms with E-state index in [0.29, 0.717) is 33.9 Å². The lowest BCUT2D eigenvalue weighted by atomic mass is 10.1. The average Bonchev–Trinajstić information content (AvgIpc) is 2.92. The molecule has 3 aromatic rings. The number of para-hydroxylation sites is 1. The highest BCUT2D eigenvalue weighted by Crippen LogP contribution is 2.27. The summed E-state index contributed by atoms with van der Waals surface area (Å²) >= 11 is 3.35. The molecule has 1 aromatic heterocycles. The van der Waals surface area contributed by atoms with E-state index in [9.17, 15) is 4.39 Å². The first-order valence-corrected chi connectivity index (χ1v) is 7.04. The second-order valence-corrected chi connectivity index (χ2v) is 5.37. The fraction of sp³-hybridized carbons (Fsp3) is 0.0667. The lowest BCUT2D eigenvalue weighted by Crippen LogP contribution is -1.95. The number of nitrogens with zero attached hydrogens (tertiary/aromatic N) is 2. The summed E-state index contributed by atoms with van der Waals surface area (Å²) in [5.74, 6) is 0.414. The first kappa shape index (κ1) is 13.8. The van der Waals surface area contributed by atoms with Gasteiger partial charge in [0.2, 0.25) is 11.7 Å². The summed E-state index contributed by atoms with van der Waals surface area (Å²) in [7, 11) is 0. The molecule has 0 aliphatic rings. The quantitative estimate of drug-likeness (QED) is 0.731. The van der Waals surface area contributed by atoms with Crippen LogP contribution in [0.25, 0.3) is 11.4 Å². The van der Waals surface area contributed by atoms with Gasteiger partial charge in [-0.15, -0.1) is 0 Å². The zero-order valence-electron chi connectivity index (χ0n) is 10.9. The highest BCUT2D eigenvalue weighted by molar-refractivity contribution is 9.10. The van der Waals surface area contributed by atoms with Gasteiger partial charge in [0.1, 0.15) is 5.82 Å². The first-order valence-electron chi connectivity index (χ1n) is 6.25. The normalized spacial score (nSPS) is 10.8. The number of nitrogens with two attached hydrogens (primary N) is 1. The second kappa shape index (κ2) is 5.65. The summed E-state index contributed by atoms with van der Waals surface area (Å²) < 4.78 is 19.2. The van der Waals surface area contributed by atoms with Crippen LogP contribution in [0.2, 0.25) is 0 Å². The van der Waals surface area contributed by atoms with Crippen LogP contribution < -0.4 is 5.73 Å². The summed E-state index contributed by atoms with van der Waals surface area (Å²) in [5, 5.41) is 3.89. The maximum absolute atomic E-state index is 13.3. The zero-order valence-corrected chi connectivity index (χ0v) is 12.5. The minimum atomic E-state index is -0.355. The Hall–Kier alpha value is -2.21. The van der Waals surface area contributed by atoms with Crippen LogP contribution in [0.1, 0.15) is 11.5 Å². The lowest BCUT2D eigenvalue weighted by molar-refractivity contribution is 0.386. The van der Waals surface area contributed by atoms with Crippen molar-refractivity contribution in [3.05, 3.63) is 64.2 Å². The van der Waals surface area contributed by atoms with E-state index in [0.717, 1.165) is 5.56 Å². The van der Waals surface area contributed by atoms with Crippen molar-refractivity contribution in [3.8, 4) is 11.4 Å². The molecule has 0 saturated heterocycles. The van der Waals surface area contributed by atoms with Crippen molar-refractivity contribution in [3.63, 3.8) is 0 Å². The van der Waals surface area contributed by atoms with Crippen molar-refractivity contribution in [2.75, 3.05) is 5.73 Å². The fourth-order valence-electron chi connectivity index (χ4n) is 1.96. The van der Waals surface area contributed by atoms with Crippen molar-refractivity contribution in [1.29, 1.82) is 0 Å². The third kappa shape index (κ3) is 2.95. The maximum atomic E-state index is 13.3. The van der Waals surface area contributed by atoms with Gasteiger partial charge in [-0.2, -0.15) is 4.98 Å². The summed E-state index contributed by atoms with van der Waals surface area (Å²) in [5.41, 5.74) is 8.01. The summed E-state index contributed by atoms with van der Waals surface area (Å²) in [6, 6.07) is 11.8. The van der Waals surface area contributed by atoms with Gasteiger partial charge in [0.15, 0.2) is 0 Å². The van der Waals surface area contributed by atoms with Gasteiger partial charge in [-0.1, -0.05) is 39.3 Å². The third-order valence-electron chi connectivity index (χ3n) is 3.03. The zero-order chi connectivity index (χ0) is 14.8. The molecule has 0 unspecified atom stereocenters. The second-order valence-electron chi connectivity index (χ2n) is 4.51. The largest absolute Gasteiger partial charge is 0.398 e. The Bertz CT molecular complexity index is 788. The molecule has 0 aliphatic carbocycles. The molecule has 2 N–H and O–H groups in total. The van der Waals surface area contributed by atoms with Crippen molar-refractivity contribution < 1.29 is 8.91 Å². The van der Waals surface area contributed by atoms with E-state index in [-0.39, 0.29) is 5.82 Å². The predicted molar refractivity (Wildman–Crippen MR) is 81.1 cm³/mol. The number of rotatable bonds is 3. The number of anilines is 1. The number of hydrogen-bond donors (Lipinski definition) is 1. The lowest BCUT2D eigenvalue weighted by Gasteiger charge is -2.00. The Kier molecular flexibility index (Phi) is 3.70. The van der Waals surface area contributed by atoms with Crippen LogP contribution in [0.15, 0.2) is 51.5 Å². The Morgan fingerprint density at radius 3 is 2.81 bits per heavy atom. The first-order chi connectivity index (χ1) is 10.1. The monoisotopic (exact) mass is 347 g/mol. The van der Waals surface area contributed by atoms with E-state index < -0.39 is 0 Å². The number of hydrogen-bond acceptors (Lipinski definition) is 4. The van der Waals surface area contributed by atoms with E-state index in [2.05, 4.69) is 26.1 Å². The fourth-order valence-corrected chi connectivity index (χ4v) is 2.39. The summed E-state index contributed by atoms with van der Waals surface area (Å²) in [4.78, 5) is 4.29. The molecule has 2 aromatic carbocycles. The van der Waals surface area contributed by atoms with Gasteiger partial charge in [0.25, 0.3) is 0 Å². The maximum Gasteiger partial charge on any atom is 0.231 e. The molecule has 21 heavy (non-hydrogen) atoms. The Labute approximate surface area is 128 Å². The highest BCUT2D eigenvalue weighted by Gasteiger charge is 2.13. The van der Waals surface area contributed by atoms with Crippen LogP contribution in [0.5, 0.6) is 0 Å². The minimum Gasteiger partial charge on any atom is -0.398 e. The standard InChI is InChI=1S/C15H11BrFN3O/c16-12-6-5-10(17)8-11(12)15-19-14(21-20-15)7-9-3-1-2-4-13(9)18/h1-6,8H,7,18H2. The van der Waals surface area contributed by atoms with Gasteiger partial charge < -0.3 is 10.3 Å². The highest BCUT2D eigenvalue weighted by atomic mass is 79.9. The van der Waals surface area contributed by atoms with Crippen molar-refractivity contribution in [2.45, 2.75) is 6.42 Å². The molecule has 0 radical (unpaired) electrons. The molecule has 4 nitrogen and oxygen atoms in total. The number of benzene rings is 2. The third-order valence-corrected chi connectivity index (χ3v) is 3.73. The van der Waals surface area contributed by atoms with Crippen molar-refractivity contribution in [2.24, 2.45) is 0 Å². The molecule has 3 rings (SSSR count). The van der Waals surface area contributed by atoms with Crippen molar-refractivity contribution >= 4 is 21.6 Å². The van der Waals surface area contributed by atoms with Crippen molar-refractivity contribution in [1.82, 2.24) is 10.1 Å². The average molecular weight is 348 g/mol. The van der Waals surface area contributed by atoms with Gasteiger partial charge in [0.05, 0.1) is 6.42 Å². The SMILES string of the molecule is Nc1ccccc1Cc1nc(-c2cc(F)ccc2Br)no1. The molecule has 1 heterocycles. The van der Waals surface area contributed by atoms with Crippen LogP contribution in [-0.4, -0.2) is 10.1 Å². The van der Waals surface area contributed by atoms with Gasteiger partial charge in [0, 0.05) is 15.7 Å². The van der Waals surface area contributed by atoms with E-state index in [1.807, 2.05) is 24.3 Å². The molecule has 0 atom stereocenters. The van der Waals surface area contributed by atoms with Gasteiger partial charge in [-0.3, -0.25) is 0 Å². The van der Waals surface area contributed by atoms with E-state index in [1.165, 1.54) is 12.1 Å². The molecular weight excluding hydrogens is 337 g/mol. The number of halogens is 2. The van der Waals surface area contributed by atoms with E-state index in [4.69, 9.17) is 10.3 Å². The van der Waals surface area contributed by atoms with Crippen LogP contribution in [0.4, 0.5) is 10.1 Å². The van der Waals surface area contributed by atoms with Crippen LogP contribution in [-0.2, 0) is 6.42 Å². The Morgan fingerprint density at radius 2 is 2.00 bits per heavy atom. The van der Waals surface area contributed by atoms with Crippen LogP contribution >= 0.6 is 15.9 Å². The number of aromatic nitrogens is 2. The van der Waals surface area contributed by atoms with Crippen LogP contribution in [0, 0.1) is 5.82 Å². The molecule has 0 aliphatic heterocycles. The van der Waals surface area contributed by atoms with Crippen LogP contribution in [0.3, 0.4) is 0 Å². The van der Waals surface area contributed by atoms with Gasteiger partial charge in [-0.25, -0.2) is 4.39 Å². The molecule has 0 spiro atoms. The van der Waals surface area contributed by atoms with E-state index >= 15 is 0 Å². The molecule has 0 saturated carbocycles. The van der Waals surface area contributed by atoms with Gasteiger partial charge >= 0.3 is 0 Å². The minimum absolute atomic E-state index is 0.339. The molecule has 106 valence electrons. The molecule has 0 bridgehead atoms. The van der Waals surface area contributed by atoms with E-state index in [1.54, 1.807) is 6.07 Å². The summed E-state index contributed by atoms with van der Waals surface area (Å²) in [6.07, 6.45) is 0.437.